The number of sulfonamides is 1. The van der Waals surface area contributed by atoms with Gasteiger partial charge in [-0.05, 0) is 30.0 Å². The van der Waals surface area contributed by atoms with E-state index in [-0.39, 0.29) is 5.69 Å². The van der Waals surface area contributed by atoms with Crippen molar-refractivity contribution < 1.29 is 12.8 Å². The molecular weight excluding hydrogens is 229 g/mol. The lowest BCUT2D eigenvalue weighted by atomic mass is 10.0. The Hall–Kier alpha value is -1.10. The van der Waals surface area contributed by atoms with E-state index in [1.807, 2.05) is 13.8 Å². The van der Waals surface area contributed by atoms with Gasteiger partial charge in [-0.3, -0.25) is 4.72 Å². The predicted molar refractivity (Wildman–Crippen MR) is 63.4 cm³/mol. The molecule has 90 valence electrons. The third-order valence-corrected chi connectivity index (χ3v) is 2.56. The third-order valence-electron chi connectivity index (χ3n) is 1.97. The first kappa shape index (κ1) is 13.0. The van der Waals surface area contributed by atoms with Crippen LogP contribution in [-0.4, -0.2) is 14.7 Å². The van der Waals surface area contributed by atoms with Crippen LogP contribution in [0.2, 0.25) is 0 Å². The number of halogens is 1. The lowest BCUT2D eigenvalue weighted by molar-refractivity contribution is 0.603. The van der Waals surface area contributed by atoms with Crippen LogP contribution in [0.25, 0.3) is 0 Å². The van der Waals surface area contributed by atoms with Crippen molar-refractivity contribution in [2.75, 3.05) is 11.0 Å². The molecule has 1 aromatic rings. The molecule has 0 atom stereocenters. The Labute approximate surface area is 95.7 Å². The van der Waals surface area contributed by atoms with E-state index in [4.69, 9.17) is 0 Å². The van der Waals surface area contributed by atoms with Gasteiger partial charge in [0.15, 0.2) is 0 Å². The maximum Gasteiger partial charge on any atom is 0.229 e. The summed E-state index contributed by atoms with van der Waals surface area (Å²) in [6.07, 6.45) is 1.79. The molecule has 0 heterocycles. The van der Waals surface area contributed by atoms with E-state index in [1.54, 1.807) is 6.07 Å². The van der Waals surface area contributed by atoms with E-state index < -0.39 is 15.8 Å². The van der Waals surface area contributed by atoms with Gasteiger partial charge in [0.2, 0.25) is 10.0 Å². The van der Waals surface area contributed by atoms with Crippen LogP contribution in [0.1, 0.15) is 19.4 Å². The second-order valence-electron chi connectivity index (χ2n) is 4.29. The third kappa shape index (κ3) is 4.18. The quantitative estimate of drug-likeness (QED) is 0.885. The second-order valence-corrected chi connectivity index (χ2v) is 6.03. The van der Waals surface area contributed by atoms with E-state index in [1.165, 1.54) is 12.1 Å². The molecule has 0 radical (unpaired) electrons. The summed E-state index contributed by atoms with van der Waals surface area (Å²) in [5.74, 6) is -0.116. The van der Waals surface area contributed by atoms with Crippen molar-refractivity contribution in [3.8, 4) is 0 Å². The molecule has 1 rings (SSSR count). The Morgan fingerprint density at radius 1 is 1.38 bits per heavy atom. The SMILES string of the molecule is CC(C)Cc1ccc(F)c(NS(C)(=O)=O)c1. The smallest absolute Gasteiger partial charge is 0.229 e. The molecule has 1 aromatic carbocycles. The molecule has 0 spiro atoms. The van der Waals surface area contributed by atoms with Crippen LogP contribution in [0, 0.1) is 11.7 Å². The Bertz CT molecular complexity index is 469. The van der Waals surface area contributed by atoms with Gasteiger partial charge in [0, 0.05) is 0 Å². The summed E-state index contributed by atoms with van der Waals surface area (Å²) in [4.78, 5) is 0. The van der Waals surface area contributed by atoms with E-state index in [9.17, 15) is 12.8 Å². The summed E-state index contributed by atoms with van der Waals surface area (Å²) in [5.41, 5.74) is 0.934. The van der Waals surface area contributed by atoms with Crippen molar-refractivity contribution in [2.45, 2.75) is 20.3 Å². The molecule has 0 aliphatic rings. The summed E-state index contributed by atoms with van der Waals surface area (Å²) in [5, 5.41) is 0. The molecular formula is C11H16FNO2S. The highest BCUT2D eigenvalue weighted by atomic mass is 32.2. The monoisotopic (exact) mass is 245 g/mol. The van der Waals surface area contributed by atoms with Gasteiger partial charge in [0.25, 0.3) is 0 Å². The van der Waals surface area contributed by atoms with E-state index in [0.29, 0.717) is 5.92 Å². The molecule has 5 heteroatoms. The molecule has 0 saturated carbocycles. The van der Waals surface area contributed by atoms with Gasteiger partial charge in [-0.15, -0.1) is 0 Å². The van der Waals surface area contributed by atoms with Gasteiger partial charge < -0.3 is 0 Å². The lowest BCUT2D eigenvalue weighted by Crippen LogP contribution is -2.11. The highest BCUT2D eigenvalue weighted by Gasteiger charge is 2.09. The molecule has 0 fully saturated rings. The molecule has 0 bridgehead atoms. The zero-order chi connectivity index (χ0) is 12.3. The minimum absolute atomic E-state index is 0.0145. The maximum atomic E-state index is 13.3. The lowest BCUT2D eigenvalue weighted by Gasteiger charge is -2.09. The maximum absolute atomic E-state index is 13.3. The molecule has 0 amide bonds. The number of anilines is 1. The normalized spacial score (nSPS) is 11.8. The molecule has 0 aromatic heterocycles. The molecule has 3 nitrogen and oxygen atoms in total. The van der Waals surface area contributed by atoms with Crippen LogP contribution in [0.5, 0.6) is 0 Å². The van der Waals surface area contributed by atoms with E-state index in [2.05, 4.69) is 4.72 Å². The Morgan fingerprint density at radius 2 is 2.00 bits per heavy atom. The largest absolute Gasteiger partial charge is 0.281 e. The van der Waals surface area contributed by atoms with Gasteiger partial charge in [0.05, 0.1) is 11.9 Å². The molecule has 0 unspecified atom stereocenters. The minimum Gasteiger partial charge on any atom is -0.281 e. The predicted octanol–water partition coefficient (Wildman–Crippen LogP) is 2.40. The molecule has 0 saturated heterocycles. The zero-order valence-corrected chi connectivity index (χ0v) is 10.4. The van der Waals surface area contributed by atoms with Crippen LogP contribution >= 0.6 is 0 Å². The first-order valence-corrected chi connectivity index (χ1v) is 6.93. The van der Waals surface area contributed by atoms with Gasteiger partial charge in [-0.1, -0.05) is 19.9 Å². The molecule has 16 heavy (non-hydrogen) atoms. The van der Waals surface area contributed by atoms with Crippen molar-refractivity contribution in [2.24, 2.45) is 5.92 Å². The summed E-state index contributed by atoms with van der Waals surface area (Å²) in [6, 6.07) is 4.49. The summed E-state index contributed by atoms with van der Waals surface area (Å²) < 4.78 is 37.5. The summed E-state index contributed by atoms with van der Waals surface area (Å²) in [6.45, 7) is 4.10. The van der Waals surface area contributed by atoms with Crippen molar-refractivity contribution in [1.29, 1.82) is 0 Å². The molecule has 1 N–H and O–H groups in total. The number of hydrogen-bond acceptors (Lipinski definition) is 2. The standard InChI is InChI=1S/C11H16FNO2S/c1-8(2)6-9-4-5-10(12)11(7-9)13-16(3,14)15/h4-5,7-8,13H,6H2,1-3H3. The van der Waals surface area contributed by atoms with Crippen LogP contribution in [0.4, 0.5) is 10.1 Å². The Balaban J connectivity index is 2.99. The van der Waals surface area contributed by atoms with Crippen molar-refractivity contribution in [3.63, 3.8) is 0 Å². The van der Waals surface area contributed by atoms with Gasteiger partial charge >= 0.3 is 0 Å². The van der Waals surface area contributed by atoms with Crippen molar-refractivity contribution in [1.82, 2.24) is 0 Å². The number of benzene rings is 1. The fraction of sp³-hybridized carbons (Fsp3) is 0.455. The van der Waals surface area contributed by atoms with Crippen molar-refractivity contribution >= 4 is 15.7 Å². The Morgan fingerprint density at radius 3 is 2.50 bits per heavy atom. The van der Waals surface area contributed by atoms with Crippen LogP contribution in [0.15, 0.2) is 18.2 Å². The minimum atomic E-state index is -3.43. The zero-order valence-electron chi connectivity index (χ0n) is 9.62. The first-order valence-electron chi connectivity index (χ1n) is 5.04. The number of hydrogen-bond donors (Lipinski definition) is 1. The first-order chi connectivity index (χ1) is 7.28. The van der Waals surface area contributed by atoms with Crippen LogP contribution in [0.3, 0.4) is 0 Å². The fourth-order valence-electron chi connectivity index (χ4n) is 1.45. The highest BCUT2D eigenvalue weighted by Crippen LogP contribution is 2.19. The average Bonchev–Trinajstić information content (AvgIpc) is 2.07. The van der Waals surface area contributed by atoms with Crippen LogP contribution in [-0.2, 0) is 16.4 Å². The number of rotatable bonds is 4. The van der Waals surface area contributed by atoms with Gasteiger partial charge in [-0.2, -0.15) is 0 Å². The fourth-order valence-corrected chi connectivity index (χ4v) is 2.00. The van der Waals surface area contributed by atoms with Crippen molar-refractivity contribution in [3.05, 3.63) is 29.6 Å². The van der Waals surface area contributed by atoms with E-state index in [0.717, 1.165) is 18.2 Å². The average molecular weight is 245 g/mol. The highest BCUT2D eigenvalue weighted by molar-refractivity contribution is 7.92. The van der Waals surface area contributed by atoms with Gasteiger partial charge in [0.1, 0.15) is 5.82 Å². The Kier molecular flexibility index (Phi) is 3.91. The van der Waals surface area contributed by atoms with Gasteiger partial charge in [-0.25, -0.2) is 12.8 Å². The van der Waals surface area contributed by atoms with Crippen LogP contribution < -0.4 is 4.72 Å². The summed E-state index contributed by atoms with van der Waals surface area (Å²) >= 11 is 0. The second kappa shape index (κ2) is 4.82. The molecule has 0 aliphatic heterocycles. The topological polar surface area (TPSA) is 46.2 Å². The molecule has 0 aliphatic carbocycles. The number of nitrogens with one attached hydrogen (secondary N) is 1. The summed E-state index contributed by atoms with van der Waals surface area (Å²) in [7, 11) is -3.43. The van der Waals surface area contributed by atoms with E-state index >= 15 is 0 Å².